The Kier molecular flexibility index (Phi) is 6.22. The van der Waals surface area contributed by atoms with Crippen molar-refractivity contribution in [2.75, 3.05) is 5.32 Å². The van der Waals surface area contributed by atoms with Crippen LogP contribution in [0.25, 0.3) is 0 Å². The number of aromatic nitrogens is 1. The van der Waals surface area contributed by atoms with Gasteiger partial charge in [-0.15, -0.1) is 0 Å². The number of pyridine rings is 1. The topological polar surface area (TPSA) is 84.8 Å². The summed E-state index contributed by atoms with van der Waals surface area (Å²) in [7, 11) is 0. The molecule has 1 fully saturated rings. The lowest BCUT2D eigenvalue weighted by Gasteiger charge is -2.49. The number of nitrogens with zero attached hydrogens (tertiary/aromatic N) is 2. The predicted octanol–water partition coefficient (Wildman–Crippen LogP) is 5.41. The fourth-order valence-corrected chi connectivity index (χ4v) is 4.36. The number of hydrogen-bond acceptors (Lipinski definition) is 6. The predicted molar refractivity (Wildman–Crippen MR) is 124 cm³/mol. The molecule has 9 heteroatoms. The van der Waals surface area contributed by atoms with Gasteiger partial charge in [-0.1, -0.05) is 0 Å². The third-order valence-corrected chi connectivity index (χ3v) is 6.01. The quantitative estimate of drug-likeness (QED) is 0.622. The summed E-state index contributed by atoms with van der Waals surface area (Å²) in [5.41, 5.74) is -0.423. The van der Waals surface area contributed by atoms with E-state index in [1.54, 1.807) is 39.0 Å². The average Bonchev–Trinajstić information content (AvgIpc) is 2.71. The summed E-state index contributed by atoms with van der Waals surface area (Å²) in [4.78, 5) is 21.0. The van der Waals surface area contributed by atoms with Crippen molar-refractivity contribution in [3.63, 3.8) is 0 Å². The maximum Gasteiger partial charge on any atom is 0.415 e. The summed E-state index contributed by atoms with van der Waals surface area (Å²) < 4.78 is 39.6. The van der Waals surface area contributed by atoms with E-state index in [2.05, 4.69) is 20.6 Å². The van der Waals surface area contributed by atoms with Gasteiger partial charge in [-0.2, -0.15) is 0 Å². The van der Waals surface area contributed by atoms with E-state index >= 15 is 4.39 Å². The molecule has 34 heavy (non-hydrogen) atoms. The van der Waals surface area contributed by atoms with Crippen LogP contribution >= 0.6 is 0 Å². The standard InChI is InChI=1S/C25H30F2N4O3/c1-23(2,3)34-22(32)30-21-31-24(4,15-25(33-21)10-5-11-25)19-12-17(8-9-20(19)27)29-14-18-7-6-16(26)13-28-18/h6-9,12-13,29H,5,10-11,14-15H2,1-4H3,(H,30,31,32). The zero-order chi connectivity index (χ0) is 24.6. The molecule has 1 unspecified atom stereocenters. The molecule has 2 aliphatic rings. The second-order valence-electron chi connectivity index (χ2n) is 10.1. The van der Waals surface area contributed by atoms with E-state index in [0.717, 1.165) is 25.5 Å². The van der Waals surface area contributed by atoms with Crippen LogP contribution in [0, 0.1) is 11.6 Å². The SMILES string of the molecule is CC(C)(C)OC(=O)NC1=NC(C)(c2cc(NCc3ccc(F)cn3)ccc2F)CC2(CCC2)O1. The minimum atomic E-state index is -0.959. The van der Waals surface area contributed by atoms with Crippen molar-refractivity contribution >= 4 is 17.8 Å². The number of rotatable bonds is 4. The van der Waals surface area contributed by atoms with Crippen LogP contribution in [0.5, 0.6) is 0 Å². The van der Waals surface area contributed by atoms with Gasteiger partial charge in [0.05, 0.1) is 24.0 Å². The van der Waals surface area contributed by atoms with E-state index in [-0.39, 0.29) is 6.02 Å². The van der Waals surface area contributed by atoms with E-state index in [9.17, 15) is 9.18 Å². The average molecular weight is 473 g/mol. The van der Waals surface area contributed by atoms with E-state index < -0.39 is 34.5 Å². The Morgan fingerprint density at radius 1 is 1.21 bits per heavy atom. The Balaban J connectivity index is 1.59. The van der Waals surface area contributed by atoms with Crippen LogP contribution in [-0.2, 0) is 21.6 Å². The van der Waals surface area contributed by atoms with Crippen LogP contribution < -0.4 is 10.6 Å². The summed E-state index contributed by atoms with van der Waals surface area (Å²) in [6, 6.07) is 7.70. The first-order chi connectivity index (χ1) is 16.0. The highest BCUT2D eigenvalue weighted by Gasteiger charge is 2.51. The lowest BCUT2D eigenvalue weighted by Crippen LogP contribution is -2.54. The summed E-state index contributed by atoms with van der Waals surface area (Å²) in [5, 5.41) is 5.80. The molecule has 1 amide bonds. The molecule has 1 saturated carbocycles. The molecule has 1 aromatic carbocycles. The number of nitrogens with one attached hydrogen (secondary N) is 2. The van der Waals surface area contributed by atoms with Gasteiger partial charge in [-0.3, -0.25) is 4.98 Å². The lowest BCUT2D eigenvalue weighted by atomic mass is 9.69. The highest BCUT2D eigenvalue weighted by Crippen LogP contribution is 2.49. The Bertz CT molecular complexity index is 1090. The van der Waals surface area contributed by atoms with Gasteiger partial charge >= 0.3 is 6.09 Å². The van der Waals surface area contributed by atoms with Crippen LogP contribution in [0.1, 0.15) is 64.6 Å². The van der Waals surface area contributed by atoms with Crippen LogP contribution in [0.2, 0.25) is 0 Å². The molecule has 4 rings (SSSR count). The van der Waals surface area contributed by atoms with Crippen molar-refractivity contribution in [1.82, 2.24) is 10.3 Å². The molecule has 1 atom stereocenters. The zero-order valence-electron chi connectivity index (χ0n) is 19.9. The Labute approximate surface area is 198 Å². The van der Waals surface area contributed by atoms with E-state index in [4.69, 9.17) is 9.47 Å². The molecule has 1 aromatic heterocycles. The first kappa shape index (κ1) is 23.9. The summed E-state index contributed by atoms with van der Waals surface area (Å²) >= 11 is 0. The molecule has 2 aromatic rings. The number of amidine groups is 1. The number of aliphatic imine (C=N–C) groups is 1. The van der Waals surface area contributed by atoms with Gasteiger partial charge < -0.3 is 14.8 Å². The van der Waals surface area contributed by atoms with Gasteiger partial charge in [0.25, 0.3) is 6.02 Å². The fraction of sp³-hybridized carbons (Fsp3) is 0.480. The number of ether oxygens (including phenoxy) is 2. The highest BCUT2D eigenvalue weighted by molar-refractivity contribution is 5.91. The monoisotopic (exact) mass is 472 g/mol. The second kappa shape index (κ2) is 8.85. The minimum absolute atomic E-state index is 0.0379. The van der Waals surface area contributed by atoms with Crippen molar-refractivity contribution in [2.24, 2.45) is 4.99 Å². The van der Waals surface area contributed by atoms with Crippen LogP contribution in [-0.4, -0.2) is 28.3 Å². The molecule has 7 nitrogen and oxygen atoms in total. The lowest BCUT2D eigenvalue weighted by molar-refractivity contribution is -0.0611. The second-order valence-corrected chi connectivity index (χ2v) is 10.1. The van der Waals surface area contributed by atoms with Gasteiger partial charge in [0, 0.05) is 17.7 Å². The van der Waals surface area contributed by atoms with Crippen molar-refractivity contribution in [1.29, 1.82) is 0 Å². The zero-order valence-corrected chi connectivity index (χ0v) is 19.9. The summed E-state index contributed by atoms with van der Waals surface area (Å²) in [5.74, 6) is -0.802. The third kappa shape index (κ3) is 5.46. The fourth-order valence-electron chi connectivity index (χ4n) is 4.36. The summed E-state index contributed by atoms with van der Waals surface area (Å²) in [6.07, 6.45) is 3.56. The van der Waals surface area contributed by atoms with E-state index in [1.807, 2.05) is 6.92 Å². The van der Waals surface area contributed by atoms with E-state index in [1.165, 1.54) is 12.1 Å². The van der Waals surface area contributed by atoms with Crippen molar-refractivity contribution in [3.05, 3.63) is 59.4 Å². The number of benzene rings is 1. The molecular weight excluding hydrogens is 442 g/mol. The molecule has 0 saturated heterocycles. The van der Waals surface area contributed by atoms with Crippen molar-refractivity contribution in [3.8, 4) is 0 Å². The number of hydrogen-bond donors (Lipinski definition) is 2. The number of carbonyl (C=O) groups is 1. The van der Waals surface area contributed by atoms with Crippen molar-refractivity contribution in [2.45, 2.75) is 76.7 Å². The number of halogens is 2. The number of carbonyl (C=O) groups excluding carboxylic acids is 1. The molecule has 1 spiro atoms. The molecule has 1 aliphatic heterocycles. The first-order valence-corrected chi connectivity index (χ1v) is 11.4. The van der Waals surface area contributed by atoms with Crippen molar-refractivity contribution < 1.29 is 23.0 Å². The molecule has 0 bridgehead atoms. The van der Waals surface area contributed by atoms with Gasteiger partial charge in [-0.05, 0) is 77.3 Å². The molecule has 2 N–H and O–H groups in total. The highest BCUT2D eigenvalue weighted by atomic mass is 19.1. The summed E-state index contributed by atoms with van der Waals surface area (Å²) in [6.45, 7) is 7.49. The Hall–Kier alpha value is -3.23. The van der Waals surface area contributed by atoms with Gasteiger partial charge in [0.1, 0.15) is 22.8 Å². The Morgan fingerprint density at radius 3 is 2.59 bits per heavy atom. The van der Waals surface area contributed by atoms with Crippen LogP contribution in [0.15, 0.2) is 41.5 Å². The third-order valence-electron chi connectivity index (χ3n) is 6.01. The minimum Gasteiger partial charge on any atom is -0.458 e. The molecule has 0 radical (unpaired) electrons. The maximum absolute atomic E-state index is 15.1. The largest absolute Gasteiger partial charge is 0.458 e. The van der Waals surface area contributed by atoms with Crippen LogP contribution in [0.3, 0.4) is 0 Å². The molecule has 1 aliphatic carbocycles. The Morgan fingerprint density at radius 2 is 1.97 bits per heavy atom. The van der Waals surface area contributed by atoms with Gasteiger partial charge in [0.2, 0.25) is 0 Å². The normalized spacial score (nSPS) is 21.2. The van der Waals surface area contributed by atoms with Gasteiger partial charge in [0.15, 0.2) is 0 Å². The first-order valence-electron chi connectivity index (χ1n) is 11.4. The molecular formula is C25H30F2N4O3. The molecule has 2 heterocycles. The smallest absolute Gasteiger partial charge is 0.415 e. The molecule has 182 valence electrons. The van der Waals surface area contributed by atoms with Crippen LogP contribution in [0.4, 0.5) is 19.3 Å². The van der Waals surface area contributed by atoms with Gasteiger partial charge in [-0.25, -0.2) is 23.9 Å². The number of amides is 1. The maximum atomic E-state index is 15.1. The number of alkyl carbamates (subject to hydrolysis) is 1. The van der Waals surface area contributed by atoms with E-state index in [0.29, 0.717) is 29.9 Å². The number of anilines is 1.